The molecule has 1 unspecified atom stereocenters. The summed E-state index contributed by atoms with van der Waals surface area (Å²) in [6.45, 7) is 0.726. The van der Waals surface area contributed by atoms with Gasteiger partial charge in [0, 0.05) is 32.7 Å². The van der Waals surface area contributed by atoms with E-state index in [1.807, 2.05) is 0 Å². The molecule has 11 heteroatoms. The van der Waals surface area contributed by atoms with Gasteiger partial charge in [0.1, 0.15) is 0 Å². The van der Waals surface area contributed by atoms with Crippen LogP contribution in [0.2, 0.25) is 0 Å². The fourth-order valence-corrected chi connectivity index (χ4v) is 5.83. The lowest BCUT2D eigenvalue weighted by molar-refractivity contribution is -0.180. The van der Waals surface area contributed by atoms with Crippen molar-refractivity contribution in [1.29, 1.82) is 0 Å². The van der Waals surface area contributed by atoms with Crippen LogP contribution in [-0.2, 0) is 26.0 Å². The molecule has 2 amide bonds. The monoisotopic (exact) mass is 533 g/mol. The van der Waals surface area contributed by atoms with Gasteiger partial charge in [0.2, 0.25) is 5.91 Å². The zero-order chi connectivity index (χ0) is 26.6. The van der Waals surface area contributed by atoms with Crippen LogP contribution < -0.4 is 5.32 Å². The summed E-state index contributed by atoms with van der Waals surface area (Å²) < 4.78 is 67.9. The summed E-state index contributed by atoms with van der Waals surface area (Å²) in [5.41, 5.74) is 0.637. The van der Waals surface area contributed by atoms with Gasteiger partial charge in [0.25, 0.3) is 10.0 Å². The van der Waals surface area contributed by atoms with Crippen molar-refractivity contribution in [3.05, 3.63) is 78.4 Å². The summed E-state index contributed by atoms with van der Waals surface area (Å²) >= 11 is 0. The van der Waals surface area contributed by atoms with Crippen molar-refractivity contribution >= 4 is 32.6 Å². The van der Waals surface area contributed by atoms with Crippen LogP contribution in [0.1, 0.15) is 5.56 Å². The van der Waals surface area contributed by atoms with Gasteiger partial charge in [-0.3, -0.25) is 9.59 Å². The topological polar surface area (TPSA) is 86.8 Å². The number of hydrogen-bond donors (Lipinski definition) is 1. The number of nitrogens with one attached hydrogen (secondary N) is 1. The Kier molecular flexibility index (Phi) is 7.84. The minimum atomic E-state index is -5.46. The molecule has 196 valence electrons. The lowest BCUT2D eigenvalue weighted by atomic mass is 9.97. The maximum atomic E-state index is 13.7. The second-order valence-electron chi connectivity index (χ2n) is 8.81. The van der Waals surface area contributed by atoms with E-state index in [-0.39, 0.29) is 10.7 Å². The highest BCUT2D eigenvalue weighted by Gasteiger charge is 2.48. The fourth-order valence-electron chi connectivity index (χ4n) is 4.36. The number of benzene rings is 3. The van der Waals surface area contributed by atoms with Crippen LogP contribution in [0.15, 0.2) is 77.7 Å². The van der Waals surface area contributed by atoms with E-state index < -0.39 is 45.4 Å². The molecule has 0 aliphatic carbocycles. The van der Waals surface area contributed by atoms with E-state index in [0.717, 1.165) is 0 Å². The van der Waals surface area contributed by atoms with Gasteiger partial charge in [-0.2, -0.15) is 13.2 Å². The molecule has 37 heavy (non-hydrogen) atoms. The Hall–Kier alpha value is -3.44. The molecule has 1 aliphatic heterocycles. The standard InChI is InChI=1S/C26H26F3N3O4S/c27-26(28,29)25(34)32(37(35,36)23-11-10-20-8-4-5-9-21(20)17-23)18-22(16-19-6-2-1-3-7-19)24(33)31-14-12-30-13-15-31/h1-11,17,22,30H,12-16,18H2. The number of piperazine rings is 1. The molecule has 0 spiro atoms. The van der Waals surface area contributed by atoms with Gasteiger partial charge < -0.3 is 10.2 Å². The summed E-state index contributed by atoms with van der Waals surface area (Å²) in [7, 11) is -4.95. The molecule has 1 N–H and O–H groups in total. The Morgan fingerprint density at radius 1 is 0.919 bits per heavy atom. The van der Waals surface area contributed by atoms with E-state index in [0.29, 0.717) is 42.5 Å². The summed E-state index contributed by atoms with van der Waals surface area (Å²) in [6, 6.07) is 19.2. The SMILES string of the molecule is O=C(C(Cc1ccccc1)CN(C(=O)C(F)(F)F)S(=O)(=O)c1ccc2ccccc2c1)N1CCNCC1. The largest absolute Gasteiger partial charge is 0.472 e. The highest BCUT2D eigenvalue weighted by Crippen LogP contribution is 2.28. The van der Waals surface area contributed by atoms with Crippen molar-refractivity contribution in [2.45, 2.75) is 17.5 Å². The van der Waals surface area contributed by atoms with E-state index in [4.69, 9.17) is 0 Å². The lowest BCUT2D eigenvalue weighted by Crippen LogP contribution is -2.53. The maximum absolute atomic E-state index is 13.7. The Labute approximate surface area is 212 Å². The van der Waals surface area contributed by atoms with Crippen molar-refractivity contribution in [2.24, 2.45) is 5.92 Å². The number of sulfonamides is 1. The van der Waals surface area contributed by atoms with Crippen LogP contribution in [0, 0.1) is 5.92 Å². The number of alkyl halides is 3. The molecule has 0 saturated carbocycles. The zero-order valence-corrected chi connectivity index (χ0v) is 20.6. The van der Waals surface area contributed by atoms with E-state index in [1.165, 1.54) is 23.1 Å². The summed E-state index contributed by atoms with van der Waals surface area (Å²) in [5.74, 6) is -4.24. The van der Waals surface area contributed by atoms with Crippen LogP contribution in [-0.4, -0.2) is 68.3 Å². The highest BCUT2D eigenvalue weighted by molar-refractivity contribution is 7.89. The predicted octanol–water partition coefficient (Wildman–Crippen LogP) is 3.21. The number of fused-ring (bicyclic) bond motifs is 1. The maximum Gasteiger partial charge on any atom is 0.472 e. The Morgan fingerprint density at radius 3 is 2.19 bits per heavy atom. The average Bonchev–Trinajstić information content (AvgIpc) is 2.90. The Morgan fingerprint density at radius 2 is 1.54 bits per heavy atom. The third-order valence-corrected chi connectivity index (χ3v) is 8.01. The quantitative estimate of drug-likeness (QED) is 0.504. The van der Waals surface area contributed by atoms with Crippen LogP contribution >= 0.6 is 0 Å². The second-order valence-corrected chi connectivity index (χ2v) is 10.7. The number of carbonyl (C=O) groups is 2. The van der Waals surface area contributed by atoms with Crippen LogP contribution in [0.25, 0.3) is 10.8 Å². The molecule has 0 bridgehead atoms. The first-order valence-electron chi connectivity index (χ1n) is 11.7. The third kappa shape index (κ3) is 6.11. The smallest absolute Gasteiger partial charge is 0.340 e. The molecular formula is C26H26F3N3O4S. The van der Waals surface area contributed by atoms with Gasteiger partial charge in [-0.05, 0) is 34.9 Å². The zero-order valence-electron chi connectivity index (χ0n) is 19.8. The third-order valence-electron chi connectivity index (χ3n) is 6.27. The molecule has 0 aromatic heterocycles. The number of halogens is 3. The molecule has 1 fully saturated rings. The molecular weight excluding hydrogens is 507 g/mol. The number of rotatable bonds is 7. The summed E-state index contributed by atoms with van der Waals surface area (Å²) in [5, 5.41) is 4.27. The molecule has 7 nitrogen and oxygen atoms in total. The molecule has 4 rings (SSSR count). The van der Waals surface area contributed by atoms with E-state index in [1.54, 1.807) is 54.6 Å². The van der Waals surface area contributed by atoms with Crippen molar-refractivity contribution < 1.29 is 31.2 Å². The van der Waals surface area contributed by atoms with Crippen LogP contribution in [0.5, 0.6) is 0 Å². The highest BCUT2D eigenvalue weighted by atomic mass is 32.2. The summed E-state index contributed by atoms with van der Waals surface area (Å²) in [6.07, 6.45) is -5.49. The Balaban J connectivity index is 1.74. The molecule has 1 heterocycles. The average molecular weight is 534 g/mol. The fraction of sp³-hybridized carbons (Fsp3) is 0.308. The lowest BCUT2D eigenvalue weighted by Gasteiger charge is -2.33. The van der Waals surface area contributed by atoms with Gasteiger partial charge >= 0.3 is 12.1 Å². The Bertz CT molecular complexity index is 1370. The van der Waals surface area contributed by atoms with Crippen molar-refractivity contribution in [3.63, 3.8) is 0 Å². The predicted molar refractivity (Wildman–Crippen MR) is 132 cm³/mol. The van der Waals surface area contributed by atoms with Crippen LogP contribution in [0.3, 0.4) is 0 Å². The van der Waals surface area contributed by atoms with Gasteiger partial charge in [-0.1, -0.05) is 60.7 Å². The van der Waals surface area contributed by atoms with Gasteiger partial charge in [0.15, 0.2) is 0 Å². The number of amides is 2. The number of hydrogen-bond acceptors (Lipinski definition) is 5. The van der Waals surface area contributed by atoms with Crippen molar-refractivity contribution in [2.75, 3.05) is 32.7 Å². The van der Waals surface area contributed by atoms with Crippen molar-refractivity contribution in [1.82, 2.24) is 14.5 Å². The van der Waals surface area contributed by atoms with Crippen LogP contribution in [0.4, 0.5) is 13.2 Å². The van der Waals surface area contributed by atoms with Gasteiger partial charge in [-0.25, -0.2) is 12.7 Å². The molecule has 1 saturated heterocycles. The van der Waals surface area contributed by atoms with E-state index in [9.17, 15) is 31.2 Å². The summed E-state index contributed by atoms with van der Waals surface area (Å²) in [4.78, 5) is 27.0. The van der Waals surface area contributed by atoms with E-state index in [2.05, 4.69) is 5.32 Å². The molecule has 1 aliphatic rings. The van der Waals surface area contributed by atoms with E-state index >= 15 is 0 Å². The minimum Gasteiger partial charge on any atom is -0.340 e. The molecule has 3 aromatic rings. The molecule has 1 atom stereocenters. The normalized spacial score (nSPS) is 15.4. The number of carbonyl (C=O) groups excluding carboxylic acids is 2. The second kappa shape index (κ2) is 10.9. The minimum absolute atomic E-state index is 0.0293. The molecule has 3 aromatic carbocycles. The van der Waals surface area contributed by atoms with Gasteiger partial charge in [0.05, 0.1) is 10.8 Å². The number of nitrogens with zero attached hydrogens (tertiary/aromatic N) is 2. The van der Waals surface area contributed by atoms with Gasteiger partial charge in [-0.15, -0.1) is 0 Å². The first-order valence-corrected chi connectivity index (χ1v) is 13.2. The first kappa shape index (κ1) is 26.6. The van der Waals surface area contributed by atoms with Crippen molar-refractivity contribution in [3.8, 4) is 0 Å². The molecule has 0 radical (unpaired) electrons. The first-order chi connectivity index (χ1) is 17.6.